The number of aromatic nitrogens is 6. The van der Waals surface area contributed by atoms with Crippen LogP contribution in [-0.2, 0) is 7.05 Å². The fourth-order valence-electron chi connectivity index (χ4n) is 4.35. The van der Waals surface area contributed by atoms with Crippen LogP contribution in [0, 0.1) is 0 Å². The summed E-state index contributed by atoms with van der Waals surface area (Å²) in [7, 11) is 1.82. The second kappa shape index (κ2) is 8.70. The van der Waals surface area contributed by atoms with Gasteiger partial charge in [-0.1, -0.05) is 5.21 Å². The molecule has 0 aliphatic carbocycles. The summed E-state index contributed by atoms with van der Waals surface area (Å²) in [5, 5.41) is 13.0. The van der Waals surface area contributed by atoms with E-state index in [4.69, 9.17) is 9.40 Å². The highest BCUT2D eigenvalue weighted by atomic mass is 16.3. The topological polar surface area (TPSA) is 115 Å². The number of fused-ring (bicyclic) bond motifs is 1. The number of likely N-dealkylation sites (tertiary alicyclic amines) is 1. The molecular weight excluding hydrogens is 420 g/mol. The van der Waals surface area contributed by atoms with Crippen molar-refractivity contribution in [1.82, 2.24) is 34.8 Å². The quantitative estimate of drug-likeness (QED) is 0.497. The average Bonchev–Trinajstić information content (AvgIpc) is 3.50. The number of nitrogens with zero attached hydrogens (tertiary/aromatic N) is 7. The first-order chi connectivity index (χ1) is 16.0. The minimum Gasteiger partial charge on any atom is -0.451 e. The second-order valence-electron chi connectivity index (χ2n) is 8.69. The number of nitrogens with one attached hydrogen (secondary N) is 1. The van der Waals surface area contributed by atoms with Gasteiger partial charge in [-0.3, -0.25) is 14.5 Å². The smallest absolute Gasteiger partial charge is 0.278 e. The highest BCUT2D eigenvalue weighted by molar-refractivity contribution is 6.03. The normalized spacial score (nSPS) is 15.4. The largest absolute Gasteiger partial charge is 0.451 e. The standard InChI is InChI=1S/C23H26N8O2/c1-14(2)31-6-4-15(5-7-31)22-17-10-24-18(19-11-30(3)29-28-19)8-16(17)9-21(26-22)27-23(32)20-12-33-13-25-20/h8-15H,4-7H2,1-3H3,(H,26,27,32). The molecule has 0 spiro atoms. The van der Waals surface area contributed by atoms with Crippen LogP contribution in [0.25, 0.3) is 22.2 Å². The van der Waals surface area contributed by atoms with Gasteiger partial charge in [0.05, 0.1) is 17.6 Å². The molecule has 4 aromatic heterocycles. The van der Waals surface area contributed by atoms with E-state index in [1.54, 1.807) is 4.68 Å². The van der Waals surface area contributed by atoms with Crippen LogP contribution >= 0.6 is 0 Å². The zero-order valence-electron chi connectivity index (χ0n) is 18.9. The molecule has 170 valence electrons. The summed E-state index contributed by atoms with van der Waals surface area (Å²) in [5.74, 6) is 0.406. The van der Waals surface area contributed by atoms with Crippen molar-refractivity contribution in [2.75, 3.05) is 18.4 Å². The van der Waals surface area contributed by atoms with Crippen LogP contribution in [-0.4, -0.2) is 59.9 Å². The van der Waals surface area contributed by atoms with Gasteiger partial charge < -0.3 is 14.6 Å². The van der Waals surface area contributed by atoms with E-state index in [9.17, 15) is 4.79 Å². The molecule has 0 radical (unpaired) electrons. The zero-order chi connectivity index (χ0) is 22.9. The van der Waals surface area contributed by atoms with Crippen molar-refractivity contribution < 1.29 is 9.21 Å². The molecule has 1 saturated heterocycles. The van der Waals surface area contributed by atoms with E-state index in [1.165, 1.54) is 12.7 Å². The predicted octanol–water partition coefficient (Wildman–Crippen LogP) is 3.25. The first kappa shape index (κ1) is 21.2. The molecule has 5 heterocycles. The lowest BCUT2D eigenvalue weighted by molar-refractivity contribution is 0.102. The number of hydrogen-bond donors (Lipinski definition) is 1. The molecule has 33 heavy (non-hydrogen) atoms. The SMILES string of the molecule is CC(C)N1CCC(c2nc(NC(=O)c3cocn3)cc3cc(-c4cn(C)nn4)ncc23)CC1. The molecule has 10 heteroatoms. The van der Waals surface area contributed by atoms with Gasteiger partial charge >= 0.3 is 0 Å². The van der Waals surface area contributed by atoms with Crippen LogP contribution in [0.5, 0.6) is 0 Å². The maximum absolute atomic E-state index is 12.6. The number of anilines is 1. The number of pyridine rings is 2. The number of carbonyl (C=O) groups excluding carboxylic acids is 1. The fourth-order valence-corrected chi connectivity index (χ4v) is 4.35. The maximum atomic E-state index is 12.6. The molecule has 1 N–H and O–H groups in total. The van der Waals surface area contributed by atoms with Crippen molar-refractivity contribution >= 4 is 22.5 Å². The Labute approximate surface area is 191 Å². The van der Waals surface area contributed by atoms with Crippen LogP contribution in [0.15, 0.2) is 41.6 Å². The van der Waals surface area contributed by atoms with Crippen molar-refractivity contribution in [1.29, 1.82) is 0 Å². The van der Waals surface area contributed by atoms with Gasteiger partial charge in [-0.05, 0) is 57.3 Å². The van der Waals surface area contributed by atoms with Gasteiger partial charge in [0.25, 0.3) is 5.91 Å². The Balaban J connectivity index is 1.54. The first-order valence-corrected chi connectivity index (χ1v) is 11.1. The molecule has 0 aromatic carbocycles. The maximum Gasteiger partial charge on any atom is 0.278 e. The molecular formula is C23H26N8O2. The molecule has 0 bridgehead atoms. The van der Waals surface area contributed by atoms with Gasteiger partial charge in [0.15, 0.2) is 12.1 Å². The van der Waals surface area contributed by atoms with Gasteiger partial charge in [0, 0.05) is 30.6 Å². The number of aryl methyl sites for hydroxylation is 1. The molecule has 1 amide bonds. The highest BCUT2D eigenvalue weighted by Crippen LogP contribution is 2.34. The molecule has 1 fully saturated rings. The third-order valence-corrected chi connectivity index (χ3v) is 6.16. The number of hydrogen-bond acceptors (Lipinski definition) is 8. The summed E-state index contributed by atoms with van der Waals surface area (Å²) < 4.78 is 6.58. The van der Waals surface area contributed by atoms with E-state index in [-0.39, 0.29) is 17.5 Å². The van der Waals surface area contributed by atoms with Crippen LogP contribution in [0.2, 0.25) is 0 Å². The predicted molar refractivity (Wildman–Crippen MR) is 123 cm³/mol. The highest BCUT2D eigenvalue weighted by Gasteiger charge is 2.25. The molecule has 10 nitrogen and oxygen atoms in total. The third-order valence-electron chi connectivity index (χ3n) is 6.16. The lowest BCUT2D eigenvalue weighted by Crippen LogP contribution is -2.38. The zero-order valence-corrected chi connectivity index (χ0v) is 18.9. The molecule has 1 aliphatic rings. The van der Waals surface area contributed by atoms with E-state index in [0.717, 1.165) is 48.1 Å². The second-order valence-corrected chi connectivity index (χ2v) is 8.69. The summed E-state index contributed by atoms with van der Waals surface area (Å²) in [4.78, 5) is 28.5. The van der Waals surface area contributed by atoms with Gasteiger partial charge in [-0.15, -0.1) is 5.10 Å². The monoisotopic (exact) mass is 446 g/mol. The first-order valence-electron chi connectivity index (χ1n) is 11.1. The summed E-state index contributed by atoms with van der Waals surface area (Å²) >= 11 is 0. The van der Waals surface area contributed by atoms with Crippen LogP contribution < -0.4 is 5.32 Å². The molecule has 0 unspecified atom stereocenters. The van der Waals surface area contributed by atoms with E-state index in [2.05, 4.69) is 44.3 Å². The number of carbonyl (C=O) groups is 1. The minimum atomic E-state index is -0.362. The van der Waals surface area contributed by atoms with Gasteiger partial charge in [0.2, 0.25) is 0 Å². The molecule has 0 atom stereocenters. The van der Waals surface area contributed by atoms with E-state index >= 15 is 0 Å². The minimum absolute atomic E-state index is 0.207. The van der Waals surface area contributed by atoms with E-state index in [0.29, 0.717) is 17.6 Å². The Morgan fingerprint density at radius 1 is 1.18 bits per heavy atom. The third kappa shape index (κ3) is 4.34. The average molecular weight is 447 g/mol. The summed E-state index contributed by atoms with van der Waals surface area (Å²) in [6, 6.07) is 4.36. The summed E-state index contributed by atoms with van der Waals surface area (Å²) in [5.41, 5.74) is 2.58. The molecule has 0 saturated carbocycles. The van der Waals surface area contributed by atoms with Crippen molar-refractivity contribution in [2.24, 2.45) is 7.05 Å². The van der Waals surface area contributed by atoms with Crippen molar-refractivity contribution in [2.45, 2.75) is 38.6 Å². The Morgan fingerprint density at radius 3 is 2.67 bits per heavy atom. The van der Waals surface area contributed by atoms with Crippen molar-refractivity contribution in [3.05, 3.63) is 48.6 Å². The summed E-state index contributed by atoms with van der Waals surface area (Å²) in [6.07, 6.45) is 8.25. The summed E-state index contributed by atoms with van der Waals surface area (Å²) in [6.45, 7) is 6.50. The Kier molecular flexibility index (Phi) is 5.59. The van der Waals surface area contributed by atoms with Crippen molar-refractivity contribution in [3.63, 3.8) is 0 Å². The van der Waals surface area contributed by atoms with Gasteiger partial charge in [0.1, 0.15) is 17.8 Å². The fraction of sp³-hybridized carbons (Fsp3) is 0.391. The van der Waals surface area contributed by atoms with E-state index < -0.39 is 0 Å². The number of rotatable bonds is 5. The Bertz CT molecular complexity index is 1270. The number of piperidine rings is 1. The Morgan fingerprint density at radius 2 is 2.00 bits per heavy atom. The van der Waals surface area contributed by atoms with Crippen molar-refractivity contribution in [3.8, 4) is 11.4 Å². The number of oxazole rings is 1. The molecule has 5 rings (SSSR count). The van der Waals surface area contributed by atoms with E-state index in [1.807, 2.05) is 31.6 Å². The molecule has 4 aromatic rings. The lowest BCUT2D eigenvalue weighted by Gasteiger charge is -2.34. The van der Waals surface area contributed by atoms with Crippen LogP contribution in [0.4, 0.5) is 5.82 Å². The van der Waals surface area contributed by atoms with Gasteiger partial charge in [-0.25, -0.2) is 9.97 Å². The molecule has 1 aliphatic heterocycles. The Hall–Kier alpha value is -3.66. The van der Waals surface area contributed by atoms with Crippen LogP contribution in [0.1, 0.15) is 48.8 Å². The lowest BCUT2D eigenvalue weighted by atomic mass is 9.90. The van der Waals surface area contributed by atoms with Crippen LogP contribution in [0.3, 0.4) is 0 Å². The number of amides is 1. The van der Waals surface area contributed by atoms with Gasteiger partial charge in [-0.2, -0.15) is 0 Å².